The summed E-state index contributed by atoms with van der Waals surface area (Å²) in [6.07, 6.45) is 10.7. The number of nitrogens with zero attached hydrogens (tertiary/aromatic N) is 1. The van der Waals surface area contributed by atoms with Crippen molar-refractivity contribution >= 4 is 23.2 Å². The molecule has 0 saturated heterocycles. The Hall–Kier alpha value is -3.23. The average molecular weight is 716 g/mol. The third kappa shape index (κ3) is 9.75. The SMILES string of the molecule is C[C@@H](CCCCNC(=O)N[C@@H](CO)[C@@H](O)[C@H](O)[C@H](O)CO)c1ccc(Cl)c(COC2(c3c[n+]([O-])ccc3C3=CCCC=C3OC3CC3)CC2)c1. The number of ether oxygens (including phenoxy) is 2. The lowest BCUT2D eigenvalue weighted by atomic mass is 9.92. The Morgan fingerprint density at radius 3 is 2.54 bits per heavy atom. The smallest absolute Gasteiger partial charge is 0.315 e. The first kappa shape index (κ1) is 38.0. The number of unbranched alkanes of at least 4 members (excludes halogenated alkanes) is 1. The van der Waals surface area contributed by atoms with Gasteiger partial charge in [0, 0.05) is 28.8 Å². The Morgan fingerprint density at radius 1 is 1.08 bits per heavy atom. The molecule has 2 fully saturated rings. The predicted molar refractivity (Wildman–Crippen MR) is 187 cm³/mol. The minimum Gasteiger partial charge on any atom is -0.619 e. The van der Waals surface area contributed by atoms with Crippen LogP contribution in [-0.2, 0) is 21.7 Å². The number of allylic oxidation sites excluding steroid dienone is 3. The Balaban J connectivity index is 1.13. The maximum absolute atomic E-state index is 12.5. The molecule has 0 bridgehead atoms. The number of halogens is 1. The summed E-state index contributed by atoms with van der Waals surface area (Å²) in [7, 11) is 0. The van der Waals surface area contributed by atoms with Gasteiger partial charge in [0.15, 0.2) is 12.4 Å². The second-order valence-electron chi connectivity index (χ2n) is 13.7. The number of carbonyl (C=O) groups is 1. The van der Waals surface area contributed by atoms with E-state index in [0.29, 0.717) is 24.6 Å². The molecule has 3 aliphatic rings. The molecule has 5 atom stereocenters. The third-order valence-electron chi connectivity index (χ3n) is 9.70. The molecular weight excluding hydrogens is 666 g/mol. The average Bonchev–Trinajstić information content (AvgIpc) is 4.07. The van der Waals surface area contributed by atoms with Crippen LogP contribution in [0.4, 0.5) is 4.79 Å². The van der Waals surface area contributed by atoms with Crippen LogP contribution in [0, 0.1) is 5.21 Å². The van der Waals surface area contributed by atoms with Gasteiger partial charge in [-0.1, -0.05) is 43.2 Å². The number of aliphatic hydroxyl groups excluding tert-OH is 5. The molecule has 5 rings (SSSR count). The van der Waals surface area contributed by atoms with Crippen LogP contribution in [0.1, 0.15) is 92.9 Å². The van der Waals surface area contributed by atoms with E-state index in [1.807, 2.05) is 18.2 Å². The van der Waals surface area contributed by atoms with Gasteiger partial charge >= 0.3 is 6.03 Å². The summed E-state index contributed by atoms with van der Waals surface area (Å²) in [6, 6.07) is 5.98. The standard InChI is InChI=1S/C37H50ClN3O9/c1-23(6-4-5-16-39-36(47)40-31(20-42)34(45)35(46)32(44)21-43)24-9-12-30(38)25(18-24)22-49-37(14-15-37)29-19-41(48)17-13-27(29)28-7-2-3-8-33(28)50-26-10-11-26/h7-9,12-13,17-19,23,26,31-32,34-35,42-46H,2-6,10-11,14-16,20-22H2,1H3,(H2,39,40,47)/t23-,31-,32+,34+,35+/m0/s1. The van der Waals surface area contributed by atoms with E-state index in [0.717, 1.165) is 89.7 Å². The first-order valence-electron chi connectivity index (χ1n) is 17.6. The molecule has 50 heavy (non-hydrogen) atoms. The molecule has 3 aliphatic carbocycles. The minimum absolute atomic E-state index is 0.207. The summed E-state index contributed by atoms with van der Waals surface area (Å²) in [4.78, 5) is 12.3. The highest BCUT2D eigenvalue weighted by atomic mass is 35.5. The van der Waals surface area contributed by atoms with Gasteiger partial charge in [-0.05, 0) is 80.6 Å². The zero-order valence-electron chi connectivity index (χ0n) is 28.5. The Kier molecular flexibility index (Phi) is 13.2. The molecule has 2 aromatic rings. The zero-order chi connectivity index (χ0) is 35.8. The number of pyridine rings is 1. The van der Waals surface area contributed by atoms with Crippen molar-refractivity contribution < 1.29 is 44.5 Å². The highest BCUT2D eigenvalue weighted by Gasteiger charge is 2.49. The van der Waals surface area contributed by atoms with Crippen molar-refractivity contribution in [3.8, 4) is 0 Å². The highest BCUT2D eigenvalue weighted by molar-refractivity contribution is 6.31. The van der Waals surface area contributed by atoms with Crippen molar-refractivity contribution in [2.75, 3.05) is 19.8 Å². The summed E-state index contributed by atoms with van der Waals surface area (Å²) in [5.74, 6) is 1.10. The van der Waals surface area contributed by atoms with Gasteiger partial charge in [0.05, 0.1) is 37.5 Å². The van der Waals surface area contributed by atoms with Crippen LogP contribution in [0.5, 0.6) is 0 Å². The van der Waals surface area contributed by atoms with Crippen molar-refractivity contribution in [3.05, 3.63) is 87.1 Å². The van der Waals surface area contributed by atoms with Gasteiger partial charge < -0.3 is 50.8 Å². The predicted octanol–water partition coefficient (Wildman–Crippen LogP) is 3.43. The van der Waals surface area contributed by atoms with Crippen molar-refractivity contribution in [1.29, 1.82) is 0 Å². The number of aliphatic hydroxyl groups is 5. The second kappa shape index (κ2) is 17.3. The lowest BCUT2D eigenvalue weighted by Crippen LogP contribution is -2.56. The summed E-state index contributed by atoms with van der Waals surface area (Å²) in [5.41, 5.74) is 4.29. The van der Waals surface area contributed by atoms with E-state index < -0.39 is 49.2 Å². The molecule has 0 radical (unpaired) electrons. The van der Waals surface area contributed by atoms with Crippen molar-refractivity contribution in [1.82, 2.24) is 10.6 Å². The fraction of sp³-hybridized carbons (Fsp3) is 0.568. The monoisotopic (exact) mass is 715 g/mol. The van der Waals surface area contributed by atoms with Crippen LogP contribution in [0.15, 0.2) is 54.6 Å². The number of urea groups is 1. The van der Waals surface area contributed by atoms with Gasteiger partial charge in [0.2, 0.25) is 0 Å². The number of nitrogens with one attached hydrogen (secondary N) is 2. The molecule has 2 saturated carbocycles. The molecule has 12 nitrogen and oxygen atoms in total. The molecule has 1 aromatic heterocycles. The molecule has 0 unspecified atom stereocenters. The number of rotatable bonds is 19. The van der Waals surface area contributed by atoms with E-state index in [1.165, 1.54) is 6.20 Å². The first-order valence-corrected chi connectivity index (χ1v) is 18.0. The second-order valence-corrected chi connectivity index (χ2v) is 14.1. The molecule has 0 spiro atoms. The van der Waals surface area contributed by atoms with E-state index in [4.69, 9.17) is 26.2 Å². The molecular formula is C37H50ClN3O9. The van der Waals surface area contributed by atoms with Crippen LogP contribution in [0.3, 0.4) is 0 Å². The highest BCUT2D eigenvalue weighted by Crippen LogP contribution is 2.52. The maximum Gasteiger partial charge on any atom is 0.315 e. The summed E-state index contributed by atoms with van der Waals surface area (Å²) >= 11 is 6.65. The molecule has 2 amide bonds. The first-order chi connectivity index (χ1) is 24.0. The number of hydrogen-bond acceptors (Lipinski definition) is 9. The molecule has 1 aromatic carbocycles. The molecule has 13 heteroatoms. The van der Waals surface area contributed by atoms with Gasteiger partial charge in [-0.2, -0.15) is 4.73 Å². The minimum atomic E-state index is -1.74. The molecule has 274 valence electrons. The van der Waals surface area contributed by atoms with Crippen LogP contribution in [0.25, 0.3) is 5.57 Å². The van der Waals surface area contributed by atoms with E-state index >= 15 is 0 Å². The molecule has 7 N–H and O–H groups in total. The molecule has 0 aliphatic heterocycles. The Morgan fingerprint density at radius 2 is 1.84 bits per heavy atom. The lowest BCUT2D eigenvalue weighted by molar-refractivity contribution is -0.606. The van der Waals surface area contributed by atoms with Gasteiger partial charge in [-0.3, -0.25) is 0 Å². The van der Waals surface area contributed by atoms with E-state index in [-0.39, 0.29) is 12.0 Å². The Labute approximate surface area is 298 Å². The quantitative estimate of drug-likeness (QED) is 0.0650. The van der Waals surface area contributed by atoms with Crippen LogP contribution >= 0.6 is 11.6 Å². The fourth-order valence-electron chi connectivity index (χ4n) is 6.26. The van der Waals surface area contributed by atoms with E-state index in [2.05, 4.69) is 35.8 Å². The zero-order valence-corrected chi connectivity index (χ0v) is 29.2. The molecule has 1 heterocycles. The van der Waals surface area contributed by atoms with Gasteiger partial charge in [-0.15, -0.1) is 0 Å². The lowest BCUT2D eigenvalue weighted by Gasteiger charge is -2.28. The van der Waals surface area contributed by atoms with Crippen LogP contribution in [0.2, 0.25) is 5.02 Å². The normalized spacial score (nSPS) is 19.7. The topological polar surface area (TPSA) is 188 Å². The van der Waals surface area contributed by atoms with Crippen molar-refractivity contribution in [2.45, 2.75) is 113 Å². The van der Waals surface area contributed by atoms with Gasteiger partial charge in [0.1, 0.15) is 29.7 Å². The number of hydrogen-bond donors (Lipinski definition) is 7. The number of amides is 2. The van der Waals surface area contributed by atoms with Crippen molar-refractivity contribution in [3.63, 3.8) is 0 Å². The van der Waals surface area contributed by atoms with Crippen LogP contribution < -0.4 is 15.4 Å². The van der Waals surface area contributed by atoms with E-state index in [9.17, 15) is 30.4 Å². The largest absolute Gasteiger partial charge is 0.619 e. The number of benzene rings is 1. The summed E-state index contributed by atoms with van der Waals surface area (Å²) < 4.78 is 13.7. The summed E-state index contributed by atoms with van der Waals surface area (Å²) in [6.45, 7) is 1.33. The maximum atomic E-state index is 12.5. The van der Waals surface area contributed by atoms with Gasteiger partial charge in [0.25, 0.3) is 0 Å². The van der Waals surface area contributed by atoms with Crippen molar-refractivity contribution in [2.24, 2.45) is 0 Å². The number of carbonyl (C=O) groups excluding carboxylic acids is 1. The summed E-state index contributed by atoms with van der Waals surface area (Å²) in [5, 5.41) is 66.1. The van der Waals surface area contributed by atoms with Crippen LogP contribution in [-0.4, -0.2) is 81.8 Å². The fourth-order valence-corrected chi connectivity index (χ4v) is 6.43. The number of aromatic nitrogens is 1. The van der Waals surface area contributed by atoms with E-state index in [1.54, 1.807) is 6.20 Å². The third-order valence-corrected chi connectivity index (χ3v) is 10.1. The van der Waals surface area contributed by atoms with Gasteiger partial charge in [-0.25, -0.2) is 4.79 Å². The Bertz CT molecular complexity index is 1530.